The number of hydrogen-bond donors (Lipinski definition) is 1. The van der Waals surface area contributed by atoms with Crippen molar-refractivity contribution in [3.63, 3.8) is 0 Å². The van der Waals surface area contributed by atoms with E-state index in [0.717, 1.165) is 0 Å². The van der Waals surface area contributed by atoms with E-state index < -0.39 is 8.46 Å². The number of halogens is 1. The highest BCUT2D eigenvalue weighted by molar-refractivity contribution is 9.47. The highest BCUT2D eigenvalue weighted by Crippen LogP contribution is 2.06. The van der Waals surface area contributed by atoms with Crippen LogP contribution in [-0.2, 0) is 13.2 Å². The molecule has 74 valence electrons. The second-order valence-electron chi connectivity index (χ2n) is 2.86. The monoisotopic (exact) mass is 259 g/mol. The van der Waals surface area contributed by atoms with Crippen LogP contribution in [0.4, 0.5) is 0 Å². The molecule has 1 N–H and O–H groups in total. The van der Waals surface area contributed by atoms with Gasteiger partial charge in [-0.1, -0.05) is 13.8 Å². The fraction of sp³-hybridized carbons (Fsp3) is 1.00. The number of methoxy groups -OCH3 is 1. The second kappa shape index (κ2) is 5.16. The predicted octanol–water partition coefficient (Wildman–Crippen LogP) is 0.887. The van der Waals surface area contributed by atoms with E-state index in [0.29, 0.717) is 6.61 Å². The van der Waals surface area contributed by atoms with Crippen molar-refractivity contribution in [3.05, 3.63) is 0 Å². The highest BCUT2D eigenvalue weighted by atomic mass is 79.9. The van der Waals surface area contributed by atoms with Gasteiger partial charge in [0.1, 0.15) is 0 Å². The maximum atomic E-state index is 10.8. The van der Waals surface area contributed by atoms with Crippen LogP contribution in [0.2, 0.25) is 0 Å². The van der Waals surface area contributed by atoms with E-state index >= 15 is 0 Å². The lowest BCUT2D eigenvalue weighted by molar-refractivity contribution is 0.158. The van der Waals surface area contributed by atoms with Crippen LogP contribution in [-0.4, -0.2) is 28.2 Å². The molecule has 0 fully saturated rings. The summed E-state index contributed by atoms with van der Waals surface area (Å²) < 4.78 is 28.8. The molecule has 0 amide bonds. The minimum absolute atomic E-state index is 0.181. The van der Waals surface area contributed by atoms with Gasteiger partial charge >= 0.3 is 0 Å². The Labute approximate surface area is 80.9 Å². The van der Waals surface area contributed by atoms with Crippen LogP contribution in [0.3, 0.4) is 0 Å². The summed E-state index contributed by atoms with van der Waals surface area (Å²) in [5.74, 6) is 0.206. The topological polar surface area (TPSA) is 55.4 Å². The van der Waals surface area contributed by atoms with Gasteiger partial charge in [0.15, 0.2) is 0 Å². The third kappa shape index (κ3) is 5.93. The van der Waals surface area contributed by atoms with Crippen molar-refractivity contribution in [2.24, 2.45) is 5.92 Å². The molecule has 12 heavy (non-hydrogen) atoms. The smallest absolute Gasteiger partial charge is 0.272 e. The van der Waals surface area contributed by atoms with Crippen molar-refractivity contribution >= 4 is 23.3 Å². The molecule has 0 aromatic heterocycles. The standard InChI is InChI=1S/C6H14BrNO3S/c1-5(2)6(4-11-3)8-12(7,9)10/h5-6,8H,4H2,1-3H3/t6-/m1/s1. The summed E-state index contributed by atoms with van der Waals surface area (Å²) in [5, 5.41) is 0. The normalized spacial score (nSPS) is 15.1. The molecule has 1 atom stereocenters. The van der Waals surface area contributed by atoms with Gasteiger partial charge in [0.25, 0.3) is 8.46 Å². The Kier molecular flexibility index (Phi) is 5.31. The molecule has 0 aliphatic rings. The third-order valence-corrected chi connectivity index (χ3v) is 2.59. The summed E-state index contributed by atoms with van der Waals surface area (Å²) in [5.41, 5.74) is 0. The van der Waals surface area contributed by atoms with Crippen molar-refractivity contribution < 1.29 is 13.2 Å². The van der Waals surface area contributed by atoms with Gasteiger partial charge in [0, 0.05) is 13.2 Å². The summed E-state index contributed by atoms with van der Waals surface area (Å²) in [6.07, 6.45) is 0. The minimum Gasteiger partial charge on any atom is -0.383 e. The number of ether oxygens (including phenoxy) is 1. The highest BCUT2D eigenvalue weighted by Gasteiger charge is 2.17. The molecule has 0 radical (unpaired) electrons. The Morgan fingerprint density at radius 1 is 1.50 bits per heavy atom. The first-order valence-electron chi connectivity index (χ1n) is 3.57. The Morgan fingerprint density at radius 3 is 2.25 bits per heavy atom. The van der Waals surface area contributed by atoms with E-state index in [-0.39, 0.29) is 12.0 Å². The average Bonchev–Trinajstić information content (AvgIpc) is 1.83. The van der Waals surface area contributed by atoms with Crippen molar-refractivity contribution in [2.45, 2.75) is 19.9 Å². The molecular formula is C6H14BrNO3S. The molecule has 0 bridgehead atoms. The quantitative estimate of drug-likeness (QED) is 0.747. The van der Waals surface area contributed by atoms with Gasteiger partial charge in [-0.05, 0) is 5.92 Å². The molecule has 0 spiro atoms. The van der Waals surface area contributed by atoms with Crippen LogP contribution in [0.5, 0.6) is 0 Å². The zero-order chi connectivity index (χ0) is 9.78. The lowest BCUT2D eigenvalue weighted by Crippen LogP contribution is -2.39. The van der Waals surface area contributed by atoms with E-state index in [1.165, 1.54) is 7.11 Å². The van der Waals surface area contributed by atoms with Crippen LogP contribution in [0.25, 0.3) is 0 Å². The van der Waals surface area contributed by atoms with Crippen molar-refractivity contribution in [1.82, 2.24) is 4.72 Å². The first kappa shape index (κ1) is 12.3. The van der Waals surface area contributed by atoms with Gasteiger partial charge in [-0.3, -0.25) is 0 Å². The number of nitrogens with one attached hydrogen (secondary N) is 1. The van der Waals surface area contributed by atoms with Crippen LogP contribution in [0.15, 0.2) is 0 Å². The van der Waals surface area contributed by atoms with E-state index in [9.17, 15) is 8.42 Å². The molecule has 0 aliphatic carbocycles. The van der Waals surface area contributed by atoms with E-state index in [1.807, 2.05) is 13.8 Å². The van der Waals surface area contributed by atoms with Crippen LogP contribution in [0, 0.1) is 5.92 Å². The Bertz CT molecular complexity index is 215. The SMILES string of the molecule is COC[C@@H](NS(=O)(=O)Br)C(C)C. The van der Waals surface area contributed by atoms with Crippen molar-refractivity contribution in [1.29, 1.82) is 0 Å². The van der Waals surface area contributed by atoms with Crippen molar-refractivity contribution in [2.75, 3.05) is 13.7 Å². The molecule has 4 nitrogen and oxygen atoms in total. The Balaban J connectivity index is 4.14. The summed E-state index contributed by atoms with van der Waals surface area (Å²) >= 11 is 2.52. The molecule has 0 saturated heterocycles. The second-order valence-corrected chi connectivity index (χ2v) is 6.53. The third-order valence-electron chi connectivity index (χ3n) is 1.44. The van der Waals surface area contributed by atoms with Gasteiger partial charge in [-0.15, -0.1) is 0 Å². The van der Waals surface area contributed by atoms with Gasteiger partial charge in [0.2, 0.25) is 0 Å². The number of rotatable bonds is 5. The van der Waals surface area contributed by atoms with E-state index in [4.69, 9.17) is 4.74 Å². The molecule has 0 aromatic rings. The first-order chi connectivity index (χ1) is 5.37. The molecule has 0 heterocycles. The maximum absolute atomic E-state index is 10.8. The van der Waals surface area contributed by atoms with Crippen LogP contribution in [0.1, 0.15) is 13.8 Å². The van der Waals surface area contributed by atoms with Crippen LogP contribution < -0.4 is 4.72 Å². The van der Waals surface area contributed by atoms with Gasteiger partial charge in [-0.2, -0.15) is 0 Å². The molecular weight excluding hydrogens is 246 g/mol. The first-order valence-corrected chi connectivity index (χ1v) is 6.90. The lowest BCUT2D eigenvalue weighted by atomic mass is 10.1. The fourth-order valence-corrected chi connectivity index (χ4v) is 2.14. The summed E-state index contributed by atoms with van der Waals surface area (Å²) in [4.78, 5) is 0. The predicted molar refractivity (Wildman–Crippen MR) is 51.5 cm³/mol. The zero-order valence-electron chi connectivity index (χ0n) is 7.37. The summed E-state index contributed by atoms with van der Waals surface area (Å²) in [6.45, 7) is 4.23. The van der Waals surface area contributed by atoms with Crippen LogP contribution >= 0.6 is 14.8 Å². The molecule has 0 unspecified atom stereocenters. The van der Waals surface area contributed by atoms with Crippen molar-refractivity contribution in [3.8, 4) is 0 Å². The number of hydrogen-bond acceptors (Lipinski definition) is 3. The molecule has 0 rings (SSSR count). The summed E-state index contributed by atoms with van der Waals surface area (Å²) in [6, 6.07) is -0.181. The zero-order valence-corrected chi connectivity index (χ0v) is 9.78. The van der Waals surface area contributed by atoms with E-state index in [1.54, 1.807) is 0 Å². The molecule has 0 aromatic carbocycles. The minimum atomic E-state index is -3.31. The Hall–Kier alpha value is 0.350. The molecule has 0 saturated carbocycles. The fourth-order valence-electron chi connectivity index (χ4n) is 0.723. The van der Waals surface area contributed by atoms with Gasteiger partial charge in [-0.25, -0.2) is 13.1 Å². The maximum Gasteiger partial charge on any atom is 0.272 e. The van der Waals surface area contributed by atoms with E-state index in [2.05, 4.69) is 19.5 Å². The average molecular weight is 260 g/mol. The Morgan fingerprint density at radius 2 is 2.00 bits per heavy atom. The van der Waals surface area contributed by atoms with Gasteiger partial charge in [0.05, 0.1) is 21.4 Å². The van der Waals surface area contributed by atoms with Gasteiger partial charge < -0.3 is 4.74 Å². The lowest BCUT2D eigenvalue weighted by Gasteiger charge is -2.19. The molecule has 6 heteroatoms. The largest absolute Gasteiger partial charge is 0.383 e. The summed E-state index contributed by atoms with van der Waals surface area (Å²) in [7, 11) is -1.77. The molecule has 0 aliphatic heterocycles.